The second-order valence-corrected chi connectivity index (χ2v) is 3.21. The lowest BCUT2D eigenvalue weighted by atomic mass is 10.2. The van der Waals surface area contributed by atoms with Crippen LogP contribution in [0, 0.1) is 0 Å². The second kappa shape index (κ2) is 2.95. The molecule has 3 heteroatoms. The summed E-state index contributed by atoms with van der Waals surface area (Å²) < 4.78 is 0. The molecule has 0 saturated heterocycles. The Morgan fingerprint density at radius 2 is 2.25 bits per heavy atom. The van der Waals surface area contributed by atoms with E-state index in [1.807, 2.05) is 23.6 Å². The van der Waals surface area contributed by atoms with Crippen LogP contribution in [0.5, 0.6) is 0 Å². The zero-order chi connectivity index (χ0) is 8.39. The highest BCUT2D eigenvalue weighted by atomic mass is 32.1. The van der Waals surface area contributed by atoms with E-state index in [0.717, 1.165) is 11.3 Å². The number of amides is 1. The van der Waals surface area contributed by atoms with Gasteiger partial charge < -0.3 is 5.32 Å². The summed E-state index contributed by atoms with van der Waals surface area (Å²) in [6, 6.07) is 5.91. The molecule has 0 spiro atoms. The Labute approximate surface area is 74.2 Å². The van der Waals surface area contributed by atoms with Gasteiger partial charge in [0.25, 0.3) is 0 Å². The highest BCUT2D eigenvalue weighted by molar-refractivity contribution is 7.07. The van der Waals surface area contributed by atoms with E-state index in [2.05, 4.69) is 10.7 Å². The van der Waals surface area contributed by atoms with Crippen LogP contribution in [0.3, 0.4) is 0 Å². The topological polar surface area (TPSA) is 29.1 Å². The van der Waals surface area contributed by atoms with E-state index in [0.29, 0.717) is 6.41 Å². The highest BCUT2D eigenvalue weighted by Crippen LogP contribution is 2.32. The molecule has 1 heterocycles. The fraction of sp³-hybridized carbons (Fsp3) is 0. The Hall–Kier alpha value is -1.35. The average molecular weight is 177 g/mol. The number of hydrogen-bond donors (Lipinski definition) is 1. The van der Waals surface area contributed by atoms with Crippen molar-refractivity contribution in [2.24, 2.45) is 0 Å². The molecule has 0 bridgehead atoms. The number of nitrogens with one attached hydrogen (secondary N) is 1. The van der Waals surface area contributed by atoms with Gasteiger partial charge in [0.15, 0.2) is 0 Å². The smallest absolute Gasteiger partial charge is 0.211 e. The Morgan fingerprint density at radius 3 is 3.08 bits per heavy atom. The molecule has 0 aromatic carbocycles. The van der Waals surface area contributed by atoms with Gasteiger partial charge in [-0.15, -0.1) is 0 Å². The zero-order valence-corrected chi connectivity index (χ0v) is 7.10. The lowest BCUT2D eigenvalue weighted by Crippen LogP contribution is -1.92. The molecule has 0 aromatic rings. The summed E-state index contributed by atoms with van der Waals surface area (Å²) in [6.07, 6.45) is 0.700. The van der Waals surface area contributed by atoms with Gasteiger partial charge in [0.05, 0.1) is 0 Å². The van der Waals surface area contributed by atoms with E-state index in [-0.39, 0.29) is 0 Å². The van der Waals surface area contributed by atoms with Crippen LogP contribution in [0.15, 0.2) is 29.0 Å². The van der Waals surface area contributed by atoms with E-state index in [1.165, 1.54) is 5.56 Å². The van der Waals surface area contributed by atoms with Crippen molar-refractivity contribution in [2.45, 2.75) is 0 Å². The van der Waals surface area contributed by atoms with E-state index in [4.69, 9.17) is 0 Å². The average Bonchev–Trinajstić information content (AvgIpc) is 2.50. The lowest BCUT2D eigenvalue weighted by Gasteiger charge is -1.99. The summed E-state index contributed by atoms with van der Waals surface area (Å²) >= 11 is 1.65. The standard InChI is InChI=1S/C9H7NOS/c11-6-10-9-2-1-7-5-12-4-3-8(7)9/h1-6H,(H,10,11). The molecular weight excluding hydrogens is 170 g/mol. The number of hydrogen-bond acceptors (Lipinski definition) is 2. The molecule has 2 aliphatic rings. The highest BCUT2D eigenvalue weighted by Gasteiger charge is 2.06. The summed E-state index contributed by atoms with van der Waals surface area (Å²) in [7, 11) is 0. The Kier molecular flexibility index (Phi) is 1.80. The molecule has 1 N–H and O–H groups in total. The van der Waals surface area contributed by atoms with Crippen molar-refractivity contribution in [1.29, 1.82) is 0 Å². The molecule has 0 aromatic heterocycles. The van der Waals surface area contributed by atoms with Gasteiger partial charge in [0.2, 0.25) is 6.41 Å². The van der Waals surface area contributed by atoms with Crippen LogP contribution in [0.4, 0.5) is 5.69 Å². The molecule has 12 heavy (non-hydrogen) atoms. The number of carbonyl (C=O) groups is 1. The molecule has 0 radical (unpaired) electrons. The Balaban J connectivity index is 2.52. The van der Waals surface area contributed by atoms with Crippen LogP contribution in [-0.4, -0.2) is 6.41 Å². The number of rotatable bonds is 2. The van der Waals surface area contributed by atoms with Crippen LogP contribution < -0.4 is 5.32 Å². The minimum Gasteiger partial charge on any atom is -0.328 e. The molecule has 0 fully saturated rings. The summed E-state index contributed by atoms with van der Waals surface area (Å²) in [5.74, 6) is 0. The van der Waals surface area contributed by atoms with Gasteiger partial charge >= 0.3 is 0 Å². The third kappa shape index (κ3) is 1.08. The minimum atomic E-state index is 0.700. The lowest BCUT2D eigenvalue weighted by molar-refractivity contribution is -0.105. The zero-order valence-electron chi connectivity index (χ0n) is 6.28. The number of fused-ring (bicyclic) bond motifs is 1. The van der Waals surface area contributed by atoms with E-state index in [9.17, 15) is 4.79 Å². The normalized spacial score (nSPS) is 10.0. The summed E-state index contributed by atoms with van der Waals surface area (Å²) in [5.41, 5.74) is 3.15. The molecule has 0 atom stereocenters. The summed E-state index contributed by atoms with van der Waals surface area (Å²) in [4.78, 5) is 10.2. The van der Waals surface area contributed by atoms with Crippen LogP contribution in [0.2, 0.25) is 0 Å². The van der Waals surface area contributed by atoms with Crippen LogP contribution in [0.25, 0.3) is 11.1 Å². The monoisotopic (exact) mass is 177 g/mol. The van der Waals surface area contributed by atoms with E-state index in [1.54, 1.807) is 11.3 Å². The van der Waals surface area contributed by atoms with Gasteiger partial charge in [-0.1, -0.05) is 6.07 Å². The predicted molar refractivity (Wildman–Crippen MR) is 50.6 cm³/mol. The quantitative estimate of drug-likeness (QED) is 0.701. The number of carbonyl (C=O) groups excluding carboxylic acids is 1. The fourth-order valence-electron chi connectivity index (χ4n) is 1.21. The first-order chi connectivity index (χ1) is 5.92. The van der Waals surface area contributed by atoms with Gasteiger partial charge in [0, 0.05) is 11.3 Å². The van der Waals surface area contributed by atoms with Crippen LogP contribution in [0.1, 0.15) is 0 Å². The van der Waals surface area contributed by atoms with E-state index < -0.39 is 0 Å². The van der Waals surface area contributed by atoms with Gasteiger partial charge in [-0.2, -0.15) is 11.3 Å². The number of anilines is 1. The first-order valence-electron chi connectivity index (χ1n) is 3.57. The minimum absolute atomic E-state index is 0.700. The third-order valence-corrected chi connectivity index (χ3v) is 2.44. The SMILES string of the molecule is O=CNc1ccc2csccc1-2. The van der Waals surface area contributed by atoms with Gasteiger partial charge in [-0.05, 0) is 28.5 Å². The maximum Gasteiger partial charge on any atom is 0.211 e. The molecule has 2 rings (SSSR count). The second-order valence-electron chi connectivity index (χ2n) is 2.43. The van der Waals surface area contributed by atoms with Crippen molar-refractivity contribution < 1.29 is 4.79 Å². The van der Waals surface area contributed by atoms with Crippen LogP contribution in [-0.2, 0) is 4.79 Å². The summed E-state index contributed by atoms with van der Waals surface area (Å²) in [6.45, 7) is 0. The van der Waals surface area contributed by atoms with Crippen molar-refractivity contribution in [3.63, 3.8) is 0 Å². The van der Waals surface area contributed by atoms with Crippen LogP contribution >= 0.6 is 11.3 Å². The molecule has 0 saturated carbocycles. The van der Waals surface area contributed by atoms with Crippen molar-refractivity contribution in [2.75, 3.05) is 5.32 Å². The predicted octanol–water partition coefficient (Wildman–Crippen LogP) is 2.42. The largest absolute Gasteiger partial charge is 0.328 e. The fourth-order valence-corrected chi connectivity index (χ4v) is 1.85. The molecule has 1 amide bonds. The van der Waals surface area contributed by atoms with Crippen molar-refractivity contribution in [3.05, 3.63) is 29.0 Å². The Morgan fingerprint density at radius 1 is 1.33 bits per heavy atom. The van der Waals surface area contributed by atoms with Crippen molar-refractivity contribution in [1.82, 2.24) is 0 Å². The molecule has 2 nitrogen and oxygen atoms in total. The Bertz CT molecular complexity index is 369. The first kappa shape index (κ1) is 7.31. The molecular formula is C9H7NOS. The van der Waals surface area contributed by atoms with E-state index >= 15 is 0 Å². The maximum atomic E-state index is 10.2. The van der Waals surface area contributed by atoms with Gasteiger partial charge in [0.1, 0.15) is 0 Å². The van der Waals surface area contributed by atoms with Crippen molar-refractivity contribution in [3.8, 4) is 11.1 Å². The molecule has 60 valence electrons. The summed E-state index contributed by atoms with van der Waals surface area (Å²) in [5, 5.41) is 6.71. The third-order valence-electron chi connectivity index (χ3n) is 1.75. The van der Waals surface area contributed by atoms with Gasteiger partial charge in [-0.25, -0.2) is 0 Å². The molecule has 0 unspecified atom stereocenters. The maximum absolute atomic E-state index is 10.2. The molecule has 1 aliphatic heterocycles. The van der Waals surface area contributed by atoms with Gasteiger partial charge in [-0.3, -0.25) is 4.79 Å². The molecule has 1 aliphatic carbocycles. The first-order valence-corrected chi connectivity index (χ1v) is 4.51. The van der Waals surface area contributed by atoms with Crippen molar-refractivity contribution >= 4 is 23.4 Å².